The number of pyridine rings is 1. The Morgan fingerprint density at radius 2 is 1.83 bits per heavy atom. The van der Waals surface area contributed by atoms with Gasteiger partial charge in [0.05, 0.1) is 18.8 Å². The molecule has 1 aliphatic rings. The van der Waals surface area contributed by atoms with Crippen molar-refractivity contribution in [3.8, 4) is 0 Å². The summed E-state index contributed by atoms with van der Waals surface area (Å²) in [4.78, 5) is 19.7. The number of hydrogen-bond acceptors (Lipinski definition) is 4. The summed E-state index contributed by atoms with van der Waals surface area (Å²) < 4.78 is 7.73. The molecule has 0 bridgehead atoms. The molecule has 0 aliphatic carbocycles. The predicted molar refractivity (Wildman–Crippen MR) is 120 cm³/mol. The number of ether oxygens (including phenoxy) is 1. The molecular weight excluding hydrogens is 376 g/mol. The molecule has 3 heterocycles. The number of rotatable bonds is 4. The Bertz CT molecular complexity index is 1220. The minimum absolute atomic E-state index is 0.150. The van der Waals surface area contributed by atoms with Crippen molar-refractivity contribution in [2.45, 2.75) is 13.5 Å². The summed E-state index contributed by atoms with van der Waals surface area (Å²) in [6, 6.07) is 18.1. The molecule has 0 radical (unpaired) electrons. The van der Waals surface area contributed by atoms with Crippen molar-refractivity contribution in [1.29, 1.82) is 0 Å². The number of para-hydroxylation sites is 1. The van der Waals surface area contributed by atoms with E-state index < -0.39 is 0 Å². The fraction of sp³-hybridized carbons (Fsp3) is 0.250. The molecule has 30 heavy (non-hydrogen) atoms. The molecule has 0 atom stereocenters. The number of aryl methyl sites for hydroxylation is 1. The Labute approximate surface area is 175 Å². The smallest absolute Gasteiger partial charge is 0.259 e. The van der Waals surface area contributed by atoms with Crippen LogP contribution in [0, 0.1) is 0 Å². The van der Waals surface area contributed by atoms with Crippen molar-refractivity contribution in [3.05, 3.63) is 66.4 Å². The Hall–Kier alpha value is -3.38. The average molecular weight is 400 g/mol. The third-order valence-electron chi connectivity index (χ3n) is 5.69. The number of hydrogen-bond donors (Lipinski definition) is 1. The lowest BCUT2D eigenvalue weighted by Crippen LogP contribution is -2.38. The van der Waals surface area contributed by atoms with Crippen molar-refractivity contribution in [1.82, 2.24) is 9.55 Å². The van der Waals surface area contributed by atoms with Crippen LogP contribution in [-0.4, -0.2) is 41.8 Å². The molecule has 1 aliphatic heterocycles. The molecule has 6 nitrogen and oxygen atoms in total. The zero-order chi connectivity index (χ0) is 20.5. The highest BCUT2D eigenvalue weighted by Gasteiger charge is 2.20. The van der Waals surface area contributed by atoms with E-state index in [1.165, 1.54) is 16.4 Å². The van der Waals surface area contributed by atoms with Crippen molar-refractivity contribution in [3.63, 3.8) is 0 Å². The highest BCUT2D eigenvalue weighted by molar-refractivity contribution is 6.12. The Kier molecular flexibility index (Phi) is 4.85. The van der Waals surface area contributed by atoms with Gasteiger partial charge in [-0.25, -0.2) is 4.98 Å². The topological polar surface area (TPSA) is 59.4 Å². The maximum absolute atomic E-state index is 13.1. The van der Waals surface area contributed by atoms with E-state index in [-0.39, 0.29) is 5.91 Å². The lowest BCUT2D eigenvalue weighted by Gasteiger charge is -2.29. The molecule has 0 unspecified atom stereocenters. The normalized spacial score (nSPS) is 14.4. The Morgan fingerprint density at radius 1 is 1.03 bits per heavy atom. The SMILES string of the molecule is CCn1c2ccccc2c2cc(NC(=O)c3cccnc3N3CCOCC3)ccc21. The lowest BCUT2D eigenvalue weighted by atomic mass is 10.1. The molecule has 152 valence electrons. The second kappa shape index (κ2) is 7.80. The Balaban J connectivity index is 1.49. The molecule has 0 spiro atoms. The number of carbonyl (C=O) groups is 1. The zero-order valence-corrected chi connectivity index (χ0v) is 17.0. The monoisotopic (exact) mass is 400 g/mol. The first kappa shape index (κ1) is 18.6. The van der Waals surface area contributed by atoms with Gasteiger partial charge in [0.2, 0.25) is 0 Å². The van der Waals surface area contributed by atoms with Crippen LogP contribution >= 0.6 is 0 Å². The predicted octanol–water partition coefficient (Wildman–Crippen LogP) is 4.30. The fourth-order valence-electron chi connectivity index (χ4n) is 4.27. The van der Waals surface area contributed by atoms with Gasteiger partial charge in [-0.15, -0.1) is 0 Å². The van der Waals surface area contributed by atoms with E-state index >= 15 is 0 Å². The van der Waals surface area contributed by atoms with Crippen LogP contribution in [0.4, 0.5) is 11.5 Å². The zero-order valence-electron chi connectivity index (χ0n) is 17.0. The largest absolute Gasteiger partial charge is 0.378 e. The summed E-state index contributed by atoms with van der Waals surface area (Å²) in [6.07, 6.45) is 1.73. The number of nitrogens with one attached hydrogen (secondary N) is 1. The van der Waals surface area contributed by atoms with E-state index in [4.69, 9.17) is 4.74 Å². The maximum atomic E-state index is 13.1. The van der Waals surface area contributed by atoms with Crippen LogP contribution < -0.4 is 10.2 Å². The van der Waals surface area contributed by atoms with Crippen LogP contribution in [0.5, 0.6) is 0 Å². The number of benzene rings is 2. The third-order valence-corrected chi connectivity index (χ3v) is 5.69. The second-order valence-corrected chi connectivity index (χ2v) is 7.42. The van der Waals surface area contributed by atoms with Crippen LogP contribution in [0.3, 0.4) is 0 Å². The summed E-state index contributed by atoms with van der Waals surface area (Å²) in [7, 11) is 0. The van der Waals surface area contributed by atoms with Gasteiger partial charge >= 0.3 is 0 Å². The number of aromatic nitrogens is 2. The molecular formula is C24H24N4O2. The summed E-state index contributed by atoms with van der Waals surface area (Å²) in [6.45, 7) is 5.82. The summed E-state index contributed by atoms with van der Waals surface area (Å²) in [5.74, 6) is 0.560. The first-order valence-electron chi connectivity index (χ1n) is 10.4. The quantitative estimate of drug-likeness (QED) is 0.555. The number of anilines is 2. The van der Waals surface area contributed by atoms with E-state index in [0.717, 1.165) is 30.7 Å². The van der Waals surface area contributed by atoms with E-state index in [1.54, 1.807) is 12.3 Å². The van der Waals surface area contributed by atoms with Gasteiger partial charge in [0.15, 0.2) is 0 Å². The summed E-state index contributed by atoms with van der Waals surface area (Å²) in [5, 5.41) is 5.41. The van der Waals surface area contributed by atoms with Crippen molar-refractivity contribution in [2.75, 3.05) is 36.5 Å². The Morgan fingerprint density at radius 3 is 2.67 bits per heavy atom. The van der Waals surface area contributed by atoms with Gasteiger partial charge < -0.3 is 19.5 Å². The minimum atomic E-state index is -0.150. The standard InChI is InChI=1S/C24H24N4O2/c1-2-28-21-8-4-3-6-18(21)20-16-17(9-10-22(20)28)26-24(29)19-7-5-11-25-23(19)27-12-14-30-15-13-27/h3-11,16H,2,12-15H2,1H3,(H,26,29). The molecule has 2 aromatic heterocycles. The molecule has 5 rings (SSSR count). The van der Waals surface area contributed by atoms with E-state index in [2.05, 4.69) is 63.1 Å². The molecule has 1 saturated heterocycles. The molecule has 4 aromatic rings. The number of carbonyl (C=O) groups excluding carboxylic acids is 1. The van der Waals surface area contributed by atoms with E-state index in [1.807, 2.05) is 12.1 Å². The van der Waals surface area contributed by atoms with E-state index in [9.17, 15) is 4.79 Å². The number of nitrogens with zero attached hydrogens (tertiary/aromatic N) is 3. The van der Waals surface area contributed by atoms with Crippen LogP contribution in [0.1, 0.15) is 17.3 Å². The molecule has 1 fully saturated rings. The van der Waals surface area contributed by atoms with Crippen LogP contribution in [0.2, 0.25) is 0 Å². The van der Waals surface area contributed by atoms with Gasteiger partial charge in [-0.1, -0.05) is 18.2 Å². The number of morpholine rings is 1. The summed E-state index contributed by atoms with van der Waals surface area (Å²) >= 11 is 0. The van der Waals surface area contributed by atoms with Crippen molar-refractivity contribution in [2.24, 2.45) is 0 Å². The van der Waals surface area contributed by atoms with Crippen LogP contribution in [0.15, 0.2) is 60.8 Å². The van der Waals surface area contributed by atoms with Crippen LogP contribution in [-0.2, 0) is 11.3 Å². The molecule has 6 heteroatoms. The van der Waals surface area contributed by atoms with Gasteiger partial charge in [0.25, 0.3) is 5.91 Å². The minimum Gasteiger partial charge on any atom is -0.378 e. The molecule has 0 saturated carbocycles. The maximum Gasteiger partial charge on any atom is 0.259 e. The number of amides is 1. The van der Waals surface area contributed by atoms with Gasteiger partial charge in [-0.2, -0.15) is 0 Å². The third kappa shape index (κ3) is 3.19. The van der Waals surface area contributed by atoms with Gasteiger partial charge in [-0.05, 0) is 43.3 Å². The van der Waals surface area contributed by atoms with Crippen molar-refractivity contribution < 1.29 is 9.53 Å². The number of fused-ring (bicyclic) bond motifs is 3. The van der Waals surface area contributed by atoms with Gasteiger partial charge in [-0.3, -0.25) is 4.79 Å². The lowest BCUT2D eigenvalue weighted by molar-refractivity contribution is 0.102. The highest BCUT2D eigenvalue weighted by Crippen LogP contribution is 2.31. The van der Waals surface area contributed by atoms with Gasteiger partial charge in [0.1, 0.15) is 5.82 Å². The highest BCUT2D eigenvalue weighted by atomic mass is 16.5. The molecule has 1 amide bonds. The van der Waals surface area contributed by atoms with Crippen LogP contribution in [0.25, 0.3) is 21.8 Å². The summed E-state index contributed by atoms with van der Waals surface area (Å²) in [5.41, 5.74) is 3.74. The molecule has 1 N–H and O–H groups in total. The first-order chi connectivity index (χ1) is 14.8. The second-order valence-electron chi connectivity index (χ2n) is 7.42. The average Bonchev–Trinajstić information content (AvgIpc) is 3.12. The van der Waals surface area contributed by atoms with Gasteiger partial charge in [0, 0.05) is 53.3 Å². The fourth-order valence-corrected chi connectivity index (χ4v) is 4.27. The van der Waals surface area contributed by atoms with Crippen molar-refractivity contribution >= 4 is 39.2 Å². The molecule has 2 aromatic carbocycles. The first-order valence-corrected chi connectivity index (χ1v) is 10.4. The van der Waals surface area contributed by atoms with E-state index in [0.29, 0.717) is 24.6 Å².